The maximum absolute atomic E-state index is 2.68. The van der Waals surface area contributed by atoms with Gasteiger partial charge in [0.15, 0.2) is 0 Å². The van der Waals surface area contributed by atoms with Crippen molar-refractivity contribution in [2.24, 2.45) is 0 Å². The van der Waals surface area contributed by atoms with Gasteiger partial charge in [0.05, 0.1) is 5.69 Å². The van der Waals surface area contributed by atoms with Crippen molar-refractivity contribution < 1.29 is 0 Å². The second kappa shape index (κ2) is 7.88. The van der Waals surface area contributed by atoms with Crippen LogP contribution in [0.4, 0.5) is 0 Å². The molecular formula is C27H28N2. The van der Waals surface area contributed by atoms with Gasteiger partial charge in [0.25, 0.3) is 0 Å². The molecule has 0 aliphatic carbocycles. The van der Waals surface area contributed by atoms with Gasteiger partial charge in [0.1, 0.15) is 0 Å². The Bertz CT molecular complexity index is 1100. The highest BCUT2D eigenvalue weighted by molar-refractivity contribution is 5.91. The highest BCUT2D eigenvalue weighted by Gasteiger charge is 2.28. The molecule has 1 atom stereocenters. The molecule has 0 amide bonds. The number of para-hydroxylation sites is 1. The lowest BCUT2D eigenvalue weighted by Gasteiger charge is -2.25. The second-order valence-corrected chi connectivity index (χ2v) is 7.99. The smallest absolute Gasteiger partial charge is 0.0536 e. The van der Waals surface area contributed by atoms with E-state index < -0.39 is 0 Å². The van der Waals surface area contributed by atoms with Gasteiger partial charge in [0.2, 0.25) is 0 Å². The SMILES string of the molecule is CCn1c(-c2ccccc2)c(CN2CCCC2c2ccccc2)c2ccccc21. The van der Waals surface area contributed by atoms with Crippen LogP contribution in [0.25, 0.3) is 22.2 Å². The van der Waals surface area contributed by atoms with Gasteiger partial charge in [-0.2, -0.15) is 0 Å². The largest absolute Gasteiger partial charge is 0.340 e. The van der Waals surface area contributed by atoms with Crippen molar-refractivity contribution in [1.29, 1.82) is 0 Å². The third-order valence-electron chi connectivity index (χ3n) is 6.35. The van der Waals surface area contributed by atoms with E-state index in [1.54, 1.807) is 0 Å². The van der Waals surface area contributed by atoms with Gasteiger partial charge >= 0.3 is 0 Å². The molecule has 0 saturated carbocycles. The molecule has 1 unspecified atom stereocenters. The summed E-state index contributed by atoms with van der Waals surface area (Å²) in [5.74, 6) is 0. The lowest BCUT2D eigenvalue weighted by atomic mass is 10.0. The summed E-state index contributed by atoms with van der Waals surface area (Å²) in [6.07, 6.45) is 2.52. The Labute approximate surface area is 173 Å². The first-order chi connectivity index (χ1) is 14.4. The molecule has 0 bridgehead atoms. The summed E-state index contributed by atoms with van der Waals surface area (Å²) in [4.78, 5) is 2.68. The molecule has 0 spiro atoms. The fourth-order valence-electron chi connectivity index (χ4n) is 5.06. The lowest BCUT2D eigenvalue weighted by Crippen LogP contribution is -2.23. The van der Waals surface area contributed by atoms with E-state index in [0.29, 0.717) is 6.04 Å². The van der Waals surface area contributed by atoms with E-state index in [2.05, 4.69) is 101 Å². The fraction of sp³-hybridized carbons (Fsp3) is 0.259. The zero-order chi connectivity index (χ0) is 19.6. The number of nitrogens with zero attached hydrogens (tertiary/aromatic N) is 2. The zero-order valence-corrected chi connectivity index (χ0v) is 17.1. The zero-order valence-electron chi connectivity index (χ0n) is 17.1. The number of hydrogen-bond donors (Lipinski definition) is 0. The molecule has 1 aromatic heterocycles. The van der Waals surface area contributed by atoms with Crippen LogP contribution in [-0.2, 0) is 13.1 Å². The number of fused-ring (bicyclic) bond motifs is 1. The number of hydrogen-bond acceptors (Lipinski definition) is 1. The van der Waals surface area contributed by atoms with E-state index in [0.717, 1.165) is 13.1 Å². The summed E-state index contributed by atoms with van der Waals surface area (Å²) in [5.41, 5.74) is 6.96. The van der Waals surface area contributed by atoms with Crippen LogP contribution in [0, 0.1) is 0 Å². The van der Waals surface area contributed by atoms with E-state index >= 15 is 0 Å². The van der Waals surface area contributed by atoms with Crippen molar-refractivity contribution in [2.45, 2.75) is 38.9 Å². The van der Waals surface area contributed by atoms with E-state index in [1.807, 2.05) is 0 Å². The molecule has 1 aliphatic rings. The van der Waals surface area contributed by atoms with E-state index in [9.17, 15) is 0 Å². The molecule has 2 nitrogen and oxygen atoms in total. The lowest BCUT2D eigenvalue weighted by molar-refractivity contribution is 0.249. The van der Waals surface area contributed by atoms with Gasteiger partial charge < -0.3 is 4.57 Å². The van der Waals surface area contributed by atoms with Gasteiger partial charge in [-0.3, -0.25) is 4.90 Å². The molecule has 0 N–H and O–H groups in total. The Balaban J connectivity index is 1.63. The highest BCUT2D eigenvalue weighted by Crippen LogP contribution is 2.39. The predicted octanol–water partition coefficient (Wildman–Crippen LogP) is 6.67. The molecule has 1 aliphatic heterocycles. The molecule has 1 saturated heterocycles. The first-order valence-electron chi connectivity index (χ1n) is 10.8. The van der Waals surface area contributed by atoms with Crippen LogP contribution < -0.4 is 0 Å². The van der Waals surface area contributed by atoms with Crippen LogP contribution in [-0.4, -0.2) is 16.0 Å². The van der Waals surface area contributed by atoms with Crippen LogP contribution in [0.3, 0.4) is 0 Å². The normalized spacial score (nSPS) is 17.2. The Hall–Kier alpha value is -2.84. The molecule has 0 radical (unpaired) electrons. The average molecular weight is 381 g/mol. The monoisotopic (exact) mass is 380 g/mol. The summed E-state index contributed by atoms with van der Waals surface area (Å²) in [6, 6.07) is 31.4. The summed E-state index contributed by atoms with van der Waals surface area (Å²) < 4.78 is 2.49. The standard InChI is InChI=1S/C27H28N2/c1-2-29-26-17-10-9-16-23(26)24(27(29)22-14-7-4-8-15-22)20-28-19-11-18-25(28)21-12-5-3-6-13-21/h3-10,12-17,25H,2,11,18-20H2,1H3. The number of aryl methyl sites for hydroxylation is 1. The van der Waals surface area contributed by atoms with Crippen molar-refractivity contribution in [2.75, 3.05) is 6.54 Å². The van der Waals surface area contributed by atoms with E-state index in [-0.39, 0.29) is 0 Å². The molecule has 4 aromatic rings. The summed E-state index contributed by atoms with van der Waals surface area (Å²) in [5, 5.41) is 1.40. The minimum Gasteiger partial charge on any atom is -0.340 e. The molecule has 3 aromatic carbocycles. The topological polar surface area (TPSA) is 8.17 Å². The molecule has 2 heterocycles. The van der Waals surface area contributed by atoms with Gasteiger partial charge in [-0.25, -0.2) is 0 Å². The number of rotatable bonds is 5. The number of benzene rings is 3. The summed E-state index contributed by atoms with van der Waals surface area (Å²) in [6.45, 7) is 5.40. The van der Waals surface area contributed by atoms with Crippen molar-refractivity contribution in [3.8, 4) is 11.3 Å². The van der Waals surface area contributed by atoms with Crippen molar-refractivity contribution >= 4 is 10.9 Å². The minimum absolute atomic E-state index is 0.517. The van der Waals surface area contributed by atoms with Crippen LogP contribution in [0.2, 0.25) is 0 Å². The summed E-state index contributed by atoms with van der Waals surface area (Å²) in [7, 11) is 0. The van der Waals surface area contributed by atoms with Crippen molar-refractivity contribution in [3.05, 3.63) is 96.1 Å². The molecular weight excluding hydrogens is 352 g/mol. The predicted molar refractivity (Wildman–Crippen MR) is 122 cm³/mol. The minimum atomic E-state index is 0.517. The van der Waals surface area contributed by atoms with Gasteiger partial charge in [-0.15, -0.1) is 0 Å². The molecule has 2 heteroatoms. The first kappa shape index (κ1) is 18.2. The van der Waals surface area contributed by atoms with Crippen LogP contribution >= 0.6 is 0 Å². The van der Waals surface area contributed by atoms with Crippen molar-refractivity contribution in [1.82, 2.24) is 9.47 Å². The quantitative estimate of drug-likeness (QED) is 0.375. The van der Waals surface area contributed by atoms with E-state index in [1.165, 1.54) is 52.7 Å². The maximum Gasteiger partial charge on any atom is 0.0536 e. The Kier molecular flexibility index (Phi) is 4.95. The van der Waals surface area contributed by atoms with E-state index in [4.69, 9.17) is 0 Å². The van der Waals surface area contributed by atoms with Gasteiger partial charge in [0, 0.05) is 30.0 Å². The molecule has 146 valence electrons. The van der Waals surface area contributed by atoms with Crippen molar-refractivity contribution in [3.63, 3.8) is 0 Å². The fourth-order valence-corrected chi connectivity index (χ4v) is 5.06. The Morgan fingerprint density at radius 3 is 2.28 bits per heavy atom. The van der Waals surface area contributed by atoms with Gasteiger partial charge in [-0.05, 0) is 49.1 Å². The van der Waals surface area contributed by atoms with Crippen LogP contribution in [0.1, 0.15) is 36.9 Å². The Morgan fingerprint density at radius 1 is 0.828 bits per heavy atom. The molecule has 1 fully saturated rings. The highest BCUT2D eigenvalue weighted by atomic mass is 15.2. The third kappa shape index (κ3) is 3.28. The van der Waals surface area contributed by atoms with Gasteiger partial charge in [-0.1, -0.05) is 78.9 Å². The molecule has 5 rings (SSSR count). The molecule has 29 heavy (non-hydrogen) atoms. The van der Waals surface area contributed by atoms with Crippen LogP contribution in [0.5, 0.6) is 0 Å². The summed E-state index contributed by atoms with van der Waals surface area (Å²) >= 11 is 0. The number of aromatic nitrogens is 1. The van der Waals surface area contributed by atoms with Crippen LogP contribution in [0.15, 0.2) is 84.9 Å². The first-order valence-corrected chi connectivity index (χ1v) is 10.8. The average Bonchev–Trinajstić information content (AvgIpc) is 3.38. The second-order valence-electron chi connectivity index (χ2n) is 7.99. The maximum atomic E-state index is 2.68. The third-order valence-corrected chi connectivity index (χ3v) is 6.35. The number of likely N-dealkylation sites (tertiary alicyclic amines) is 1. The Morgan fingerprint density at radius 2 is 1.52 bits per heavy atom.